The van der Waals surface area contributed by atoms with Crippen molar-refractivity contribution in [3.63, 3.8) is 0 Å². The number of carbonyl (C=O) groups excluding carboxylic acids is 2. The molecule has 0 radical (unpaired) electrons. The SMILES string of the molecule is COc1ccc(CN(C(=O)CSCc2cccc(Cl)c2)C(C)C(=O)NC2CCCC2)cc1. The minimum atomic E-state index is -0.544. The van der Waals surface area contributed by atoms with E-state index in [9.17, 15) is 9.59 Å². The van der Waals surface area contributed by atoms with Crippen LogP contribution in [-0.4, -0.2) is 41.7 Å². The minimum absolute atomic E-state index is 0.0538. The van der Waals surface area contributed by atoms with Crippen LogP contribution in [0.5, 0.6) is 5.75 Å². The third-order valence-electron chi connectivity index (χ3n) is 5.76. The zero-order valence-electron chi connectivity index (χ0n) is 18.7. The Kier molecular flexibility index (Phi) is 9.30. The van der Waals surface area contributed by atoms with Crippen LogP contribution in [0.1, 0.15) is 43.7 Å². The van der Waals surface area contributed by atoms with Gasteiger partial charge in [-0.2, -0.15) is 0 Å². The van der Waals surface area contributed by atoms with Crippen LogP contribution in [0.4, 0.5) is 0 Å². The Morgan fingerprint density at radius 1 is 1.16 bits per heavy atom. The Balaban J connectivity index is 1.65. The van der Waals surface area contributed by atoms with Crippen molar-refractivity contribution in [1.29, 1.82) is 0 Å². The van der Waals surface area contributed by atoms with E-state index in [0.29, 0.717) is 23.1 Å². The molecular weight excluding hydrogens is 444 g/mol. The van der Waals surface area contributed by atoms with E-state index in [4.69, 9.17) is 16.3 Å². The number of carbonyl (C=O) groups is 2. The second kappa shape index (κ2) is 12.2. The molecule has 1 aliphatic carbocycles. The lowest BCUT2D eigenvalue weighted by Gasteiger charge is -2.29. The van der Waals surface area contributed by atoms with Gasteiger partial charge in [-0.25, -0.2) is 0 Å². The van der Waals surface area contributed by atoms with E-state index in [0.717, 1.165) is 42.6 Å². The summed E-state index contributed by atoms with van der Waals surface area (Å²) < 4.78 is 5.23. The smallest absolute Gasteiger partial charge is 0.242 e. The van der Waals surface area contributed by atoms with Gasteiger partial charge in [0, 0.05) is 23.4 Å². The van der Waals surface area contributed by atoms with Crippen LogP contribution in [0, 0.1) is 0 Å². The van der Waals surface area contributed by atoms with Gasteiger partial charge in [-0.3, -0.25) is 9.59 Å². The maximum atomic E-state index is 13.2. The minimum Gasteiger partial charge on any atom is -0.497 e. The highest BCUT2D eigenvalue weighted by Crippen LogP contribution is 2.21. The lowest BCUT2D eigenvalue weighted by atomic mass is 10.1. The molecule has 1 fully saturated rings. The van der Waals surface area contributed by atoms with Crippen molar-refractivity contribution >= 4 is 35.2 Å². The average molecular weight is 475 g/mol. The van der Waals surface area contributed by atoms with Crippen molar-refractivity contribution in [2.75, 3.05) is 12.9 Å². The van der Waals surface area contributed by atoms with Gasteiger partial charge < -0.3 is 15.0 Å². The Morgan fingerprint density at radius 3 is 2.53 bits per heavy atom. The number of rotatable bonds is 10. The summed E-state index contributed by atoms with van der Waals surface area (Å²) in [5.74, 6) is 1.60. The first-order valence-corrected chi connectivity index (χ1v) is 12.5. The van der Waals surface area contributed by atoms with Gasteiger partial charge in [-0.1, -0.05) is 48.7 Å². The zero-order valence-corrected chi connectivity index (χ0v) is 20.3. The molecule has 2 aromatic carbocycles. The van der Waals surface area contributed by atoms with Crippen LogP contribution < -0.4 is 10.1 Å². The molecule has 0 aromatic heterocycles. The summed E-state index contributed by atoms with van der Waals surface area (Å²) in [6.45, 7) is 2.19. The summed E-state index contributed by atoms with van der Waals surface area (Å²) in [4.78, 5) is 27.8. The van der Waals surface area contributed by atoms with Crippen LogP contribution in [0.3, 0.4) is 0 Å². The number of thioether (sulfide) groups is 1. The molecule has 172 valence electrons. The molecule has 1 saturated carbocycles. The third-order valence-corrected chi connectivity index (χ3v) is 6.99. The molecule has 2 amide bonds. The number of ether oxygens (including phenoxy) is 1. The van der Waals surface area contributed by atoms with Crippen molar-refractivity contribution < 1.29 is 14.3 Å². The lowest BCUT2D eigenvalue weighted by Crippen LogP contribution is -2.50. The molecule has 7 heteroatoms. The van der Waals surface area contributed by atoms with E-state index in [-0.39, 0.29) is 17.9 Å². The van der Waals surface area contributed by atoms with Gasteiger partial charge in [0.1, 0.15) is 11.8 Å². The van der Waals surface area contributed by atoms with E-state index in [1.807, 2.05) is 55.5 Å². The zero-order chi connectivity index (χ0) is 22.9. The van der Waals surface area contributed by atoms with Gasteiger partial charge in [0.15, 0.2) is 0 Å². The summed E-state index contributed by atoms with van der Waals surface area (Å²) in [5, 5.41) is 3.82. The highest BCUT2D eigenvalue weighted by atomic mass is 35.5. The van der Waals surface area contributed by atoms with E-state index in [2.05, 4.69) is 5.32 Å². The van der Waals surface area contributed by atoms with Gasteiger partial charge in [-0.05, 0) is 55.2 Å². The number of methoxy groups -OCH3 is 1. The predicted molar refractivity (Wildman–Crippen MR) is 131 cm³/mol. The molecule has 2 aromatic rings. The van der Waals surface area contributed by atoms with Crippen molar-refractivity contribution in [3.05, 3.63) is 64.7 Å². The summed E-state index contributed by atoms with van der Waals surface area (Å²) in [6, 6.07) is 14.9. The molecule has 5 nitrogen and oxygen atoms in total. The lowest BCUT2D eigenvalue weighted by molar-refractivity contribution is -0.138. The number of amides is 2. The second-order valence-electron chi connectivity index (χ2n) is 8.16. The first-order chi connectivity index (χ1) is 15.5. The number of hydrogen-bond donors (Lipinski definition) is 1. The van der Waals surface area contributed by atoms with Crippen LogP contribution >= 0.6 is 23.4 Å². The molecule has 0 aliphatic heterocycles. The first-order valence-electron chi connectivity index (χ1n) is 11.0. The second-order valence-corrected chi connectivity index (χ2v) is 9.58. The summed E-state index contributed by atoms with van der Waals surface area (Å²) in [6.07, 6.45) is 4.32. The normalized spacial score (nSPS) is 14.7. The average Bonchev–Trinajstić information content (AvgIpc) is 3.30. The standard InChI is InChI=1S/C25H31ClN2O3S/c1-18(25(30)27-22-8-3-4-9-22)28(15-19-10-12-23(31-2)13-11-19)24(29)17-32-16-20-6-5-7-21(26)14-20/h5-7,10-14,18,22H,3-4,8-9,15-17H2,1-2H3,(H,27,30). The number of hydrogen-bond acceptors (Lipinski definition) is 4. The van der Waals surface area contributed by atoms with E-state index in [1.165, 1.54) is 11.8 Å². The van der Waals surface area contributed by atoms with Gasteiger partial charge in [-0.15, -0.1) is 11.8 Å². The Bertz CT molecular complexity index is 900. The van der Waals surface area contributed by atoms with Gasteiger partial charge >= 0.3 is 0 Å². The maximum Gasteiger partial charge on any atom is 0.242 e. The molecule has 32 heavy (non-hydrogen) atoms. The van der Waals surface area contributed by atoms with Gasteiger partial charge in [0.25, 0.3) is 0 Å². The Morgan fingerprint density at radius 2 is 1.88 bits per heavy atom. The number of halogens is 1. The van der Waals surface area contributed by atoms with Crippen LogP contribution in [0.25, 0.3) is 0 Å². The molecular formula is C25H31ClN2O3S. The summed E-state index contributed by atoms with van der Waals surface area (Å²) in [7, 11) is 1.62. The topological polar surface area (TPSA) is 58.6 Å². The van der Waals surface area contributed by atoms with Crippen molar-refractivity contribution in [1.82, 2.24) is 10.2 Å². The van der Waals surface area contributed by atoms with E-state index in [1.54, 1.807) is 12.0 Å². The van der Waals surface area contributed by atoms with Crippen molar-refractivity contribution in [2.24, 2.45) is 0 Å². The molecule has 0 heterocycles. The fraction of sp³-hybridized carbons (Fsp3) is 0.440. The van der Waals surface area contributed by atoms with Crippen LogP contribution in [-0.2, 0) is 21.9 Å². The first kappa shape index (κ1) is 24.5. The summed E-state index contributed by atoms with van der Waals surface area (Å²) >= 11 is 7.59. The fourth-order valence-electron chi connectivity index (χ4n) is 3.87. The number of nitrogens with zero attached hydrogens (tertiary/aromatic N) is 1. The van der Waals surface area contributed by atoms with Crippen molar-refractivity contribution in [3.8, 4) is 5.75 Å². The largest absolute Gasteiger partial charge is 0.497 e. The molecule has 0 spiro atoms. The van der Waals surface area contributed by atoms with Crippen LogP contribution in [0.2, 0.25) is 5.02 Å². The monoisotopic (exact) mass is 474 g/mol. The Hall–Kier alpha value is -2.18. The third kappa shape index (κ3) is 7.17. The maximum absolute atomic E-state index is 13.2. The Labute approximate surface area is 199 Å². The molecule has 0 bridgehead atoms. The van der Waals surface area contributed by atoms with E-state index >= 15 is 0 Å². The predicted octanol–water partition coefficient (Wildman–Crippen LogP) is 5.06. The van der Waals surface area contributed by atoms with Gasteiger partial charge in [0.2, 0.25) is 11.8 Å². The molecule has 1 unspecified atom stereocenters. The molecule has 1 N–H and O–H groups in total. The van der Waals surface area contributed by atoms with Gasteiger partial charge in [0.05, 0.1) is 12.9 Å². The van der Waals surface area contributed by atoms with E-state index < -0.39 is 6.04 Å². The molecule has 3 rings (SSSR count). The molecule has 1 atom stereocenters. The number of nitrogens with one attached hydrogen (secondary N) is 1. The molecule has 0 saturated heterocycles. The highest BCUT2D eigenvalue weighted by Gasteiger charge is 2.28. The number of benzene rings is 2. The van der Waals surface area contributed by atoms with Crippen molar-refractivity contribution in [2.45, 2.75) is 57.0 Å². The summed E-state index contributed by atoms with van der Waals surface area (Å²) in [5.41, 5.74) is 2.03. The quantitative estimate of drug-likeness (QED) is 0.523. The highest BCUT2D eigenvalue weighted by molar-refractivity contribution is 7.99. The fourth-order valence-corrected chi connectivity index (χ4v) is 4.94. The van der Waals surface area contributed by atoms with Crippen LogP contribution in [0.15, 0.2) is 48.5 Å². The molecule has 1 aliphatic rings.